The molecule has 0 bridgehead atoms. The largest absolute Gasteiger partial charge is 0.462 e. The van der Waals surface area contributed by atoms with Crippen molar-refractivity contribution in [3.05, 3.63) is 45.8 Å². The lowest BCUT2D eigenvalue weighted by molar-refractivity contribution is -0.113. The smallest absolute Gasteiger partial charge is 0.341 e. The summed E-state index contributed by atoms with van der Waals surface area (Å²) in [6.45, 7) is 8.17. The number of anilines is 1. The molecule has 0 saturated carbocycles. The molecule has 4 rings (SSSR count). The van der Waals surface area contributed by atoms with Crippen molar-refractivity contribution in [1.29, 1.82) is 0 Å². The Kier molecular flexibility index (Phi) is 7.33. The second-order valence-corrected chi connectivity index (χ2v) is 12.6. The Balaban J connectivity index is 1.51. The molecule has 1 amide bonds. The van der Waals surface area contributed by atoms with Crippen molar-refractivity contribution < 1.29 is 27.2 Å². The van der Waals surface area contributed by atoms with Gasteiger partial charge in [0.15, 0.2) is 0 Å². The number of aromatic nitrogens is 2. The highest BCUT2D eigenvalue weighted by molar-refractivity contribution is 7.91. The maximum atomic E-state index is 12.8. The Morgan fingerprint density at radius 1 is 1.11 bits per heavy atom. The third kappa shape index (κ3) is 5.52. The molecule has 2 aromatic heterocycles. The van der Waals surface area contributed by atoms with E-state index in [0.717, 1.165) is 41.7 Å². The van der Waals surface area contributed by atoms with Gasteiger partial charge >= 0.3 is 11.2 Å². The average molecular weight is 532 g/mol. The molecule has 9 nitrogen and oxygen atoms in total. The molecule has 0 atom stereocenters. The van der Waals surface area contributed by atoms with Gasteiger partial charge in [-0.1, -0.05) is 38.0 Å². The number of fused-ring (bicyclic) bond motifs is 1. The van der Waals surface area contributed by atoms with E-state index in [1.54, 1.807) is 19.1 Å². The Bertz CT molecular complexity index is 1380. The van der Waals surface area contributed by atoms with Crippen LogP contribution in [0.15, 0.2) is 33.9 Å². The minimum atomic E-state index is -4.21. The van der Waals surface area contributed by atoms with Gasteiger partial charge in [0.1, 0.15) is 10.8 Å². The molecular formula is C25H29N3O6S2. The van der Waals surface area contributed by atoms with Gasteiger partial charge in [-0.25, -0.2) is 13.2 Å². The number of esters is 1. The lowest BCUT2D eigenvalue weighted by atomic mass is 9.87. The van der Waals surface area contributed by atoms with Gasteiger partial charge in [-0.15, -0.1) is 16.4 Å². The number of carbonyl (C=O) groups excluding carboxylic acids is 2. The van der Waals surface area contributed by atoms with Crippen molar-refractivity contribution in [2.75, 3.05) is 17.7 Å². The first kappa shape index (κ1) is 26.0. The standard InChI is InChI=1S/C25H29N3O6S2/c1-5-33-23(30)20-17-8-6-7-9-18(17)35-22(20)26-19(29)14-36(31,32)24-28-27-21(34-24)15-10-12-16(13-11-15)25(2,3)4/h10-13H,5-9,14H2,1-4H3,(H,26,29). The number of rotatable bonds is 7. The molecule has 1 aliphatic rings. The zero-order valence-electron chi connectivity index (χ0n) is 20.7. The predicted molar refractivity (Wildman–Crippen MR) is 136 cm³/mol. The quantitative estimate of drug-likeness (QED) is 0.439. The molecule has 0 fully saturated rings. The van der Waals surface area contributed by atoms with Gasteiger partial charge in [0.25, 0.3) is 0 Å². The van der Waals surface area contributed by atoms with Crippen LogP contribution < -0.4 is 5.32 Å². The number of nitrogens with one attached hydrogen (secondary N) is 1. The maximum Gasteiger partial charge on any atom is 0.341 e. The van der Waals surface area contributed by atoms with Crippen LogP contribution in [0.25, 0.3) is 11.5 Å². The van der Waals surface area contributed by atoms with E-state index in [0.29, 0.717) is 16.1 Å². The summed E-state index contributed by atoms with van der Waals surface area (Å²) in [5.41, 5.74) is 2.84. The third-order valence-electron chi connectivity index (χ3n) is 5.90. The van der Waals surface area contributed by atoms with Gasteiger partial charge in [-0.3, -0.25) is 4.79 Å². The second-order valence-electron chi connectivity index (χ2n) is 9.64. The van der Waals surface area contributed by atoms with E-state index in [1.165, 1.54) is 11.3 Å². The van der Waals surface area contributed by atoms with Gasteiger partial charge in [-0.05, 0) is 61.3 Å². The SMILES string of the molecule is CCOC(=O)c1c(NC(=O)CS(=O)(=O)c2nnc(-c3ccc(C(C)(C)C)cc3)o2)sc2c1CCCC2. The van der Waals surface area contributed by atoms with Gasteiger partial charge in [-0.2, -0.15) is 0 Å². The highest BCUT2D eigenvalue weighted by Crippen LogP contribution is 2.38. The first-order chi connectivity index (χ1) is 17.0. The van der Waals surface area contributed by atoms with E-state index < -0.39 is 32.7 Å². The Morgan fingerprint density at radius 3 is 2.47 bits per heavy atom. The summed E-state index contributed by atoms with van der Waals surface area (Å²) >= 11 is 1.29. The van der Waals surface area contributed by atoms with Gasteiger partial charge < -0.3 is 14.5 Å². The number of hydrogen-bond acceptors (Lipinski definition) is 9. The summed E-state index contributed by atoms with van der Waals surface area (Å²) in [6.07, 6.45) is 3.46. The molecule has 0 aliphatic heterocycles. The molecule has 36 heavy (non-hydrogen) atoms. The zero-order valence-corrected chi connectivity index (χ0v) is 22.3. The van der Waals surface area contributed by atoms with Crippen molar-refractivity contribution >= 4 is 38.1 Å². The van der Waals surface area contributed by atoms with Gasteiger partial charge in [0, 0.05) is 10.4 Å². The molecule has 0 saturated heterocycles. The summed E-state index contributed by atoms with van der Waals surface area (Å²) < 4.78 is 36.3. The van der Waals surface area contributed by atoms with Crippen LogP contribution >= 0.6 is 11.3 Å². The van der Waals surface area contributed by atoms with E-state index >= 15 is 0 Å². The number of nitrogens with zero attached hydrogens (tertiary/aromatic N) is 2. The number of ether oxygens (including phenoxy) is 1. The second kappa shape index (κ2) is 10.1. The number of aryl methyl sites for hydroxylation is 1. The third-order valence-corrected chi connectivity index (χ3v) is 8.44. The summed E-state index contributed by atoms with van der Waals surface area (Å²) in [7, 11) is -4.21. The van der Waals surface area contributed by atoms with Crippen LogP contribution in [-0.4, -0.2) is 42.9 Å². The molecule has 2 heterocycles. The molecule has 0 radical (unpaired) electrons. The normalized spacial score (nSPS) is 13.8. The summed E-state index contributed by atoms with van der Waals surface area (Å²) in [4.78, 5) is 26.3. The molecule has 1 aliphatic carbocycles. The highest BCUT2D eigenvalue weighted by atomic mass is 32.2. The van der Waals surface area contributed by atoms with Crippen LogP contribution in [0.3, 0.4) is 0 Å². The number of benzene rings is 1. The summed E-state index contributed by atoms with van der Waals surface area (Å²) in [5.74, 6) is -2.17. The molecule has 192 valence electrons. The number of thiophene rings is 1. The van der Waals surface area contributed by atoms with Crippen molar-refractivity contribution in [2.24, 2.45) is 0 Å². The molecule has 3 aromatic rings. The lowest BCUT2D eigenvalue weighted by Gasteiger charge is -2.18. The fourth-order valence-corrected chi connectivity index (χ4v) is 6.24. The summed E-state index contributed by atoms with van der Waals surface area (Å²) in [5, 5.41) is 9.79. The van der Waals surface area contributed by atoms with E-state index in [2.05, 4.69) is 36.3 Å². The highest BCUT2D eigenvalue weighted by Gasteiger charge is 2.30. The average Bonchev–Trinajstić information content (AvgIpc) is 3.44. The van der Waals surface area contributed by atoms with E-state index in [9.17, 15) is 18.0 Å². The van der Waals surface area contributed by atoms with Crippen LogP contribution in [0, 0.1) is 0 Å². The predicted octanol–water partition coefficient (Wildman–Crippen LogP) is 4.56. The van der Waals surface area contributed by atoms with Crippen LogP contribution in [-0.2, 0) is 37.6 Å². The van der Waals surface area contributed by atoms with Crippen LogP contribution in [0.2, 0.25) is 0 Å². The fraction of sp³-hybridized carbons (Fsp3) is 0.440. The van der Waals surface area contributed by atoms with E-state index in [-0.39, 0.29) is 17.9 Å². The van der Waals surface area contributed by atoms with Crippen LogP contribution in [0.5, 0.6) is 0 Å². The number of carbonyl (C=O) groups is 2. The Labute approximate surface area is 214 Å². The molecule has 11 heteroatoms. The molecule has 0 unspecified atom stereocenters. The van der Waals surface area contributed by atoms with E-state index in [4.69, 9.17) is 9.15 Å². The zero-order chi connectivity index (χ0) is 26.1. The topological polar surface area (TPSA) is 128 Å². The Morgan fingerprint density at radius 2 is 1.81 bits per heavy atom. The lowest BCUT2D eigenvalue weighted by Crippen LogP contribution is -2.24. The van der Waals surface area contributed by atoms with Crippen LogP contribution in [0.4, 0.5) is 5.00 Å². The van der Waals surface area contributed by atoms with Crippen molar-refractivity contribution in [2.45, 2.75) is 64.0 Å². The van der Waals surface area contributed by atoms with Crippen molar-refractivity contribution in [3.63, 3.8) is 0 Å². The van der Waals surface area contributed by atoms with Crippen LogP contribution in [0.1, 0.15) is 66.9 Å². The van der Waals surface area contributed by atoms with Crippen molar-refractivity contribution in [3.8, 4) is 11.5 Å². The minimum Gasteiger partial charge on any atom is -0.462 e. The van der Waals surface area contributed by atoms with E-state index in [1.807, 2.05) is 12.1 Å². The molecular weight excluding hydrogens is 502 g/mol. The molecule has 1 aromatic carbocycles. The van der Waals surface area contributed by atoms with Crippen molar-refractivity contribution in [1.82, 2.24) is 10.2 Å². The first-order valence-corrected chi connectivity index (χ1v) is 14.2. The number of sulfone groups is 1. The first-order valence-electron chi connectivity index (χ1n) is 11.8. The number of amides is 1. The number of hydrogen-bond donors (Lipinski definition) is 1. The monoisotopic (exact) mass is 531 g/mol. The Hall–Kier alpha value is -3.05. The summed E-state index contributed by atoms with van der Waals surface area (Å²) in [6, 6.07) is 7.41. The maximum absolute atomic E-state index is 12.8. The van der Waals surface area contributed by atoms with Gasteiger partial charge in [0.05, 0.1) is 12.2 Å². The molecule has 1 N–H and O–H groups in total. The fourth-order valence-electron chi connectivity index (χ4n) is 4.04. The minimum absolute atomic E-state index is 0.0375. The molecule has 0 spiro atoms. The van der Waals surface area contributed by atoms with Gasteiger partial charge in [0.2, 0.25) is 21.6 Å².